The molecule has 0 fully saturated rings. The standard InChI is InChI=1S/C2H5NOSi/c1-4-5-2-3/h5H2,1H3. The summed E-state index contributed by atoms with van der Waals surface area (Å²) in [5.74, 6) is 0. The maximum absolute atomic E-state index is 7.75. The molecule has 0 spiro atoms. The highest BCUT2D eigenvalue weighted by atomic mass is 28.2. The van der Waals surface area contributed by atoms with Gasteiger partial charge in [-0.1, -0.05) is 0 Å². The van der Waals surface area contributed by atoms with Crippen molar-refractivity contribution in [3.63, 3.8) is 0 Å². The summed E-state index contributed by atoms with van der Waals surface area (Å²) >= 11 is 0. The molecule has 0 saturated carbocycles. The summed E-state index contributed by atoms with van der Waals surface area (Å²) in [4.78, 5) is 0. The first kappa shape index (κ1) is 4.67. The first-order chi connectivity index (χ1) is 2.41. The molecule has 3 heteroatoms. The molecule has 0 N–H and O–H groups in total. The van der Waals surface area contributed by atoms with Crippen LogP contribution < -0.4 is 0 Å². The first-order valence-corrected chi connectivity index (χ1v) is 2.56. The van der Waals surface area contributed by atoms with Crippen LogP contribution in [-0.2, 0) is 4.43 Å². The average Bonchev–Trinajstić information content (AvgIpc) is 1.41. The smallest absolute Gasteiger partial charge is 0.274 e. The van der Waals surface area contributed by atoms with Crippen LogP contribution in [0.2, 0.25) is 0 Å². The Labute approximate surface area is 33.3 Å². The van der Waals surface area contributed by atoms with E-state index in [9.17, 15) is 0 Å². The van der Waals surface area contributed by atoms with E-state index in [1.54, 1.807) is 7.11 Å². The quantitative estimate of drug-likeness (QED) is 0.392. The van der Waals surface area contributed by atoms with Crippen molar-refractivity contribution in [1.29, 1.82) is 5.26 Å². The third-order valence-corrected chi connectivity index (χ3v) is 0.627. The summed E-state index contributed by atoms with van der Waals surface area (Å²) in [6, 6.07) is 0. The number of hydrogen-bond donors (Lipinski definition) is 0. The van der Waals surface area contributed by atoms with E-state index in [-0.39, 0.29) is 0 Å². The fourth-order valence-corrected chi connectivity index (χ4v) is 0.194. The van der Waals surface area contributed by atoms with Gasteiger partial charge in [0.25, 0.3) is 9.76 Å². The predicted octanol–water partition coefficient (Wildman–Crippen LogP) is -0.802. The Morgan fingerprint density at radius 1 is 2.00 bits per heavy atom. The van der Waals surface area contributed by atoms with Gasteiger partial charge in [0.05, 0.1) is 5.69 Å². The Balaban J connectivity index is 2.48. The average molecular weight is 87.2 g/mol. The largest absolute Gasteiger partial charge is 0.412 e. The third-order valence-electron chi connectivity index (χ3n) is 0.209. The Morgan fingerprint density at radius 3 is 2.60 bits per heavy atom. The molecule has 0 aliphatic carbocycles. The molecule has 0 rings (SSSR count). The minimum absolute atomic E-state index is 0.762. The predicted molar refractivity (Wildman–Crippen MR) is 21.2 cm³/mol. The van der Waals surface area contributed by atoms with Crippen LogP contribution in [-0.4, -0.2) is 16.9 Å². The molecule has 0 heterocycles. The van der Waals surface area contributed by atoms with E-state index in [4.69, 9.17) is 5.26 Å². The van der Waals surface area contributed by atoms with E-state index < -0.39 is 9.76 Å². The Morgan fingerprint density at radius 2 is 2.60 bits per heavy atom. The highest BCUT2D eigenvalue weighted by Crippen LogP contribution is 1.48. The van der Waals surface area contributed by atoms with Gasteiger partial charge in [-0.15, -0.1) is 0 Å². The highest BCUT2D eigenvalue weighted by Gasteiger charge is 1.66. The zero-order valence-corrected chi connectivity index (χ0v) is 4.48. The van der Waals surface area contributed by atoms with E-state index in [1.165, 1.54) is 0 Å². The molecule has 0 saturated heterocycles. The van der Waals surface area contributed by atoms with E-state index in [1.807, 2.05) is 5.69 Å². The molecule has 0 aliphatic heterocycles. The van der Waals surface area contributed by atoms with Crippen LogP contribution in [0.25, 0.3) is 0 Å². The Hall–Kier alpha value is -0.333. The second-order valence-corrected chi connectivity index (χ2v) is 1.77. The molecule has 0 aromatic heterocycles. The summed E-state index contributed by atoms with van der Waals surface area (Å²) in [5, 5.41) is 7.75. The third kappa shape index (κ3) is 3.67. The molecule has 0 aromatic rings. The van der Waals surface area contributed by atoms with Gasteiger partial charge in [0.1, 0.15) is 0 Å². The topological polar surface area (TPSA) is 33.0 Å². The zero-order valence-electron chi connectivity index (χ0n) is 3.06. The molecule has 0 unspecified atom stereocenters. The lowest BCUT2D eigenvalue weighted by molar-refractivity contribution is 0.450. The molecule has 0 atom stereocenters. The maximum atomic E-state index is 7.75. The highest BCUT2D eigenvalue weighted by molar-refractivity contribution is 6.37. The van der Waals surface area contributed by atoms with Gasteiger partial charge < -0.3 is 4.43 Å². The normalized spacial score (nSPS) is 8.80. The van der Waals surface area contributed by atoms with Crippen LogP contribution in [0, 0.1) is 11.0 Å². The van der Waals surface area contributed by atoms with Crippen molar-refractivity contribution in [2.24, 2.45) is 0 Å². The lowest BCUT2D eigenvalue weighted by Crippen LogP contribution is -1.84. The van der Waals surface area contributed by atoms with Crippen LogP contribution >= 0.6 is 0 Å². The number of nitrogens with zero attached hydrogens (tertiary/aromatic N) is 1. The van der Waals surface area contributed by atoms with Crippen LogP contribution in [0.4, 0.5) is 0 Å². The summed E-state index contributed by atoms with van der Waals surface area (Å²) in [6.07, 6.45) is 0. The molecular weight excluding hydrogens is 82.1 g/mol. The van der Waals surface area contributed by atoms with Crippen LogP contribution in [0.3, 0.4) is 0 Å². The van der Waals surface area contributed by atoms with Crippen LogP contribution in [0.15, 0.2) is 0 Å². The molecule has 0 aromatic carbocycles. The molecule has 0 radical (unpaired) electrons. The van der Waals surface area contributed by atoms with Gasteiger partial charge >= 0.3 is 0 Å². The molecular formula is C2H5NOSi. The van der Waals surface area contributed by atoms with Crippen molar-refractivity contribution in [3.8, 4) is 5.69 Å². The summed E-state index contributed by atoms with van der Waals surface area (Å²) in [6.45, 7) is 0. The fraction of sp³-hybridized carbons (Fsp3) is 0.500. The van der Waals surface area contributed by atoms with Crippen LogP contribution in [0.1, 0.15) is 0 Å². The van der Waals surface area contributed by atoms with E-state index >= 15 is 0 Å². The van der Waals surface area contributed by atoms with Gasteiger partial charge in [-0.05, 0) is 0 Å². The minimum Gasteiger partial charge on any atom is -0.412 e. The zero-order chi connectivity index (χ0) is 4.12. The number of hydrogen-bond acceptors (Lipinski definition) is 2. The van der Waals surface area contributed by atoms with Crippen LogP contribution in [0.5, 0.6) is 0 Å². The van der Waals surface area contributed by atoms with Gasteiger partial charge in [0, 0.05) is 7.11 Å². The minimum atomic E-state index is -0.762. The first-order valence-electron chi connectivity index (χ1n) is 1.27. The van der Waals surface area contributed by atoms with E-state index in [0.29, 0.717) is 0 Å². The molecule has 0 aliphatic rings. The second kappa shape index (κ2) is 3.67. The van der Waals surface area contributed by atoms with Crippen molar-refractivity contribution in [1.82, 2.24) is 0 Å². The van der Waals surface area contributed by atoms with Gasteiger partial charge in [-0.2, -0.15) is 0 Å². The summed E-state index contributed by atoms with van der Waals surface area (Å²) in [7, 11) is 0.789. The van der Waals surface area contributed by atoms with Crippen molar-refractivity contribution in [3.05, 3.63) is 0 Å². The molecule has 0 amide bonds. The van der Waals surface area contributed by atoms with Gasteiger partial charge in [0.15, 0.2) is 0 Å². The van der Waals surface area contributed by atoms with Gasteiger partial charge in [0.2, 0.25) is 0 Å². The van der Waals surface area contributed by atoms with Crippen molar-refractivity contribution in [2.75, 3.05) is 7.11 Å². The van der Waals surface area contributed by atoms with Crippen molar-refractivity contribution in [2.45, 2.75) is 0 Å². The Bertz CT molecular complexity index is 48.1. The molecule has 2 nitrogen and oxygen atoms in total. The van der Waals surface area contributed by atoms with Crippen molar-refractivity contribution < 1.29 is 4.43 Å². The van der Waals surface area contributed by atoms with E-state index in [0.717, 1.165) is 0 Å². The SMILES string of the molecule is CO[SiH2]C#N. The second-order valence-electron chi connectivity index (χ2n) is 0.591. The molecule has 0 bridgehead atoms. The van der Waals surface area contributed by atoms with Gasteiger partial charge in [-0.3, -0.25) is 0 Å². The maximum Gasteiger partial charge on any atom is 0.274 e. The lowest BCUT2D eigenvalue weighted by Gasteiger charge is -1.72. The molecule has 5 heavy (non-hydrogen) atoms. The summed E-state index contributed by atoms with van der Waals surface area (Å²) < 4.78 is 4.47. The number of nitriles is 1. The number of rotatable bonds is 1. The summed E-state index contributed by atoms with van der Waals surface area (Å²) in [5.41, 5.74) is 1.93. The van der Waals surface area contributed by atoms with Crippen molar-refractivity contribution >= 4 is 9.76 Å². The fourth-order valence-electron chi connectivity index (χ4n) is 0.0645. The molecule has 28 valence electrons. The van der Waals surface area contributed by atoms with E-state index in [2.05, 4.69) is 4.43 Å². The Kier molecular flexibility index (Phi) is 3.42. The van der Waals surface area contributed by atoms with Gasteiger partial charge in [-0.25, -0.2) is 5.26 Å². The lowest BCUT2D eigenvalue weighted by atomic mass is 11.8. The monoisotopic (exact) mass is 87.0 g/mol.